The second-order valence-corrected chi connectivity index (χ2v) is 6.23. The minimum atomic E-state index is -0.222. The normalized spacial score (nSPS) is 10.3. The molecule has 0 aliphatic heterocycles. The molecule has 6 nitrogen and oxygen atoms in total. The average Bonchev–Trinajstić information content (AvgIpc) is 2.64. The molecular weight excluding hydrogens is 330 g/mol. The number of anilines is 2. The second kappa shape index (κ2) is 9.46. The van der Waals surface area contributed by atoms with Crippen molar-refractivity contribution in [2.24, 2.45) is 5.92 Å². The Kier molecular flexibility index (Phi) is 7.02. The van der Waals surface area contributed by atoms with Gasteiger partial charge in [-0.3, -0.25) is 4.79 Å². The standard InChI is InChI=1S/C20H25N3O3/c1-15(2)19(24)21-16-9-11-17(12-10-16)22-20(25)23(3)13-14-26-18-7-5-4-6-8-18/h4-12,15H,13-14H2,1-3H3,(H,21,24)(H,22,25). The Morgan fingerprint density at radius 3 is 2.12 bits per heavy atom. The molecule has 3 amide bonds. The van der Waals surface area contributed by atoms with E-state index in [0.717, 1.165) is 5.75 Å². The fourth-order valence-electron chi connectivity index (χ4n) is 2.06. The Morgan fingerprint density at radius 1 is 0.962 bits per heavy atom. The number of urea groups is 1. The van der Waals surface area contributed by atoms with Gasteiger partial charge in [0, 0.05) is 24.3 Å². The van der Waals surface area contributed by atoms with Crippen LogP contribution in [0.5, 0.6) is 5.75 Å². The van der Waals surface area contributed by atoms with Crippen LogP contribution in [0.2, 0.25) is 0 Å². The molecule has 0 fully saturated rings. The minimum absolute atomic E-state index is 0.0417. The highest BCUT2D eigenvalue weighted by Gasteiger charge is 2.10. The van der Waals surface area contributed by atoms with E-state index in [2.05, 4.69) is 10.6 Å². The van der Waals surface area contributed by atoms with E-state index in [-0.39, 0.29) is 17.9 Å². The topological polar surface area (TPSA) is 70.7 Å². The maximum Gasteiger partial charge on any atom is 0.321 e. The van der Waals surface area contributed by atoms with E-state index in [1.807, 2.05) is 44.2 Å². The first-order chi connectivity index (χ1) is 12.5. The molecule has 2 aromatic rings. The lowest BCUT2D eigenvalue weighted by molar-refractivity contribution is -0.118. The molecule has 0 saturated carbocycles. The van der Waals surface area contributed by atoms with E-state index in [9.17, 15) is 9.59 Å². The number of hydrogen-bond donors (Lipinski definition) is 2. The summed E-state index contributed by atoms with van der Waals surface area (Å²) in [6.07, 6.45) is 0. The van der Waals surface area contributed by atoms with E-state index in [0.29, 0.717) is 24.5 Å². The van der Waals surface area contributed by atoms with Gasteiger partial charge in [-0.15, -0.1) is 0 Å². The van der Waals surface area contributed by atoms with Crippen LogP contribution in [0.1, 0.15) is 13.8 Å². The summed E-state index contributed by atoms with van der Waals surface area (Å²) in [5, 5.41) is 5.62. The largest absolute Gasteiger partial charge is 0.492 e. The van der Waals surface area contributed by atoms with Gasteiger partial charge in [0.25, 0.3) is 0 Å². The van der Waals surface area contributed by atoms with E-state index in [1.165, 1.54) is 0 Å². The van der Waals surface area contributed by atoms with Crippen LogP contribution in [-0.2, 0) is 4.79 Å². The van der Waals surface area contributed by atoms with Crippen LogP contribution < -0.4 is 15.4 Å². The van der Waals surface area contributed by atoms with Crippen molar-refractivity contribution in [1.82, 2.24) is 4.90 Å². The highest BCUT2D eigenvalue weighted by molar-refractivity contribution is 5.93. The van der Waals surface area contributed by atoms with Crippen LogP contribution in [0.3, 0.4) is 0 Å². The number of hydrogen-bond acceptors (Lipinski definition) is 3. The molecule has 138 valence electrons. The third-order valence-electron chi connectivity index (χ3n) is 3.71. The average molecular weight is 355 g/mol. The highest BCUT2D eigenvalue weighted by Crippen LogP contribution is 2.15. The van der Waals surface area contributed by atoms with Gasteiger partial charge in [-0.05, 0) is 36.4 Å². The smallest absolute Gasteiger partial charge is 0.321 e. The zero-order valence-corrected chi connectivity index (χ0v) is 15.4. The number of nitrogens with zero attached hydrogens (tertiary/aromatic N) is 1. The number of nitrogens with one attached hydrogen (secondary N) is 2. The van der Waals surface area contributed by atoms with Crippen LogP contribution in [0.25, 0.3) is 0 Å². The molecule has 2 rings (SSSR count). The second-order valence-electron chi connectivity index (χ2n) is 6.23. The fourth-order valence-corrected chi connectivity index (χ4v) is 2.06. The molecule has 2 aromatic carbocycles. The van der Waals surface area contributed by atoms with Gasteiger partial charge in [-0.25, -0.2) is 4.79 Å². The Balaban J connectivity index is 1.78. The van der Waals surface area contributed by atoms with Crippen molar-refractivity contribution in [3.8, 4) is 5.75 Å². The van der Waals surface area contributed by atoms with Crippen LogP contribution >= 0.6 is 0 Å². The van der Waals surface area contributed by atoms with Gasteiger partial charge in [-0.2, -0.15) is 0 Å². The minimum Gasteiger partial charge on any atom is -0.492 e. The molecule has 0 unspecified atom stereocenters. The number of carbonyl (C=O) groups excluding carboxylic acids is 2. The lowest BCUT2D eigenvalue weighted by Crippen LogP contribution is -2.34. The van der Waals surface area contributed by atoms with Crippen molar-refractivity contribution in [3.05, 3.63) is 54.6 Å². The summed E-state index contributed by atoms with van der Waals surface area (Å²) in [5.74, 6) is 0.654. The summed E-state index contributed by atoms with van der Waals surface area (Å²) in [6, 6.07) is 16.3. The summed E-state index contributed by atoms with van der Waals surface area (Å²) >= 11 is 0. The summed E-state index contributed by atoms with van der Waals surface area (Å²) < 4.78 is 5.59. The van der Waals surface area contributed by atoms with Crippen LogP contribution in [0.4, 0.5) is 16.2 Å². The summed E-state index contributed by atoms with van der Waals surface area (Å²) in [6.45, 7) is 4.54. The van der Waals surface area contributed by atoms with E-state index >= 15 is 0 Å². The molecule has 0 bridgehead atoms. The number of para-hydroxylation sites is 1. The first kappa shape index (κ1) is 19.3. The number of rotatable bonds is 7. The van der Waals surface area contributed by atoms with Crippen molar-refractivity contribution < 1.29 is 14.3 Å². The third kappa shape index (κ3) is 6.12. The van der Waals surface area contributed by atoms with Gasteiger partial charge in [0.2, 0.25) is 5.91 Å². The van der Waals surface area contributed by atoms with Gasteiger partial charge in [0.05, 0.1) is 6.54 Å². The number of ether oxygens (including phenoxy) is 1. The lowest BCUT2D eigenvalue weighted by Gasteiger charge is -2.18. The van der Waals surface area contributed by atoms with E-state index < -0.39 is 0 Å². The van der Waals surface area contributed by atoms with Gasteiger partial charge < -0.3 is 20.3 Å². The zero-order valence-electron chi connectivity index (χ0n) is 15.4. The summed E-state index contributed by atoms with van der Waals surface area (Å²) in [4.78, 5) is 25.4. The molecule has 0 saturated heterocycles. The SMILES string of the molecule is CC(C)C(=O)Nc1ccc(NC(=O)N(C)CCOc2ccccc2)cc1. The first-order valence-electron chi connectivity index (χ1n) is 8.56. The molecule has 26 heavy (non-hydrogen) atoms. The number of carbonyl (C=O) groups is 2. The molecular formula is C20H25N3O3. The van der Waals surface area contributed by atoms with Crippen LogP contribution in [0.15, 0.2) is 54.6 Å². The maximum atomic E-state index is 12.2. The molecule has 0 aromatic heterocycles. The molecule has 2 N–H and O–H groups in total. The number of amides is 3. The number of benzene rings is 2. The van der Waals surface area contributed by atoms with Gasteiger partial charge in [0.15, 0.2) is 0 Å². The van der Waals surface area contributed by atoms with Gasteiger partial charge in [0.1, 0.15) is 12.4 Å². The molecule has 0 atom stereocenters. The summed E-state index contributed by atoms with van der Waals surface area (Å²) in [7, 11) is 1.71. The Bertz CT molecular complexity index is 715. The Hall–Kier alpha value is -3.02. The number of likely N-dealkylation sites (N-methyl/N-ethyl adjacent to an activating group) is 1. The molecule has 0 aliphatic rings. The van der Waals surface area contributed by atoms with E-state index in [1.54, 1.807) is 36.2 Å². The Morgan fingerprint density at radius 2 is 1.54 bits per heavy atom. The highest BCUT2D eigenvalue weighted by atomic mass is 16.5. The van der Waals surface area contributed by atoms with Crippen LogP contribution in [0, 0.1) is 5.92 Å². The lowest BCUT2D eigenvalue weighted by atomic mass is 10.2. The predicted molar refractivity (Wildman–Crippen MR) is 103 cm³/mol. The maximum absolute atomic E-state index is 12.2. The van der Waals surface area contributed by atoms with E-state index in [4.69, 9.17) is 4.74 Å². The molecule has 0 aliphatic carbocycles. The molecule has 0 radical (unpaired) electrons. The molecule has 0 heterocycles. The van der Waals surface area contributed by atoms with Gasteiger partial charge >= 0.3 is 6.03 Å². The molecule has 6 heteroatoms. The Labute approximate surface area is 154 Å². The third-order valence-corrected chi connectivity index (χ3v) is 3.71. The zero-order chi connectivity index (χ0) is 18.9. The van der Waals surface area contributed by atoms with Crippen molar-refractivity contribution in [1.29, 1.82) is 0 Å². The van der Waals surface area contributed by atoms with Crippen LogP contribution in [-0.4, -0.2) is 37.0 Å². The summed E-state index contributed by atoms with van der Waals surface area (Å²) in [5.41, 5.74) is 1.36. The molecule has 0 spiro atoms. The monoisotopic (exact) mass is 355 g/mol. The predicted octanol–water partition coefficient (Wildman–Crippen LogP) is 3.82. The van der Waals surface area contributed by atoms with Crippen molar-refractivity contribution in [2.75, 3.05) is 30.8 Å². The van der Waals surface area contributed by atoms with Gasteiger partial charge in [-0.1, -0.05) is 32.0 Å². The van der Waals surface area contributed by atoms with Crippen molar-refractivity contribution >= 4 is 23.3 Å². The quantitative estimate of drug-likeness (QED) is 0.793. The fraction of sp³-hybridized carbons (Fsp3) is 0.300. The first-order valence-corrected chi connectivity index (χ1v) is 8.56. The van der Waals surface area contributed by atoms with Crippen molar-refractivity contribution in [2.45, 2.75) is 13.8 Å². The van der Waals surface area contributed by atoms with Crippen molar-refractivity contribution in [3.63, 3.8) is 0 Å².